The quantitative estimate of drug-likeness (QED) is 0.843. The highest BCUT2D eigenvalue weighted by Gasteiger charge is 2.22. The number of ether oxygens (including phenoxy) is 2. The lowest BCUT2D eigenvalue weighted by atomic mass is 9.99. The lowest BCUT2D eigenvalue weighted by molar-refractivity contribution is -0.120. The molecule has 0 radical (unpaired) electrons. The van der Waals surface area contributed by atoms with Gasteiger partial charge in [0.05, 0.1) is 24.8 Å². The van der Waals surface area contributed by atoms with Crippen LogP contribution in [0, 0.1) is 5.92 Å². The molecule has 22 heavy (non-hydrogen) atoms. The Balaban J connectivity index is 0.00000242. The fourth-order valence-electron chi connectivity index (χ4n) is 2.45. The molecule has 0 aliphatic carbocycles. The van der Waals surface area contributed by atoms with E-state index in [1.54, 1.807) is 0 Å². The summed E-state index contributed by atoms with van der Waals surface area (Å²) < 4.78 is 11.1. The van der Waals surface area contributed by atoms with Crippen LogP contribution in [0.3, 0.4) is 0 Å². The average molecular weight is 329 g/mol. The van der Waals surface area contributed by atoms with Crippen LogP contribution >= 0.6 is 12.4 Å². The van der Waals surface area contributed by atoms with E-state index < -0.39 is 0 Å². The molecule has 1 atom stereocenters. The summed E-state index contributed by atoms with van der Waals surface area (Å²) in [6, 6.07) is 5.51. The van der Waals surface area contributed by atoms with Crippen LogP contribution < -0.4 is 20.1 Å². The highest BCUT2D eigenvalue weighted by molar-refractivity contribution is 5.94. The maximum Gasteiger partial charge on any atom is 0.228 e. The Bertz CT molecular complexity index is 476. The standard InChI is InChI=1S/C16H24N2O3.ClH/c1-3-20-13-7-8-15(21-4-2)14(10-13)18-16(19)12-6-5-9-17-11-12;/h7-8,10,12,17H,3-6,9,11H2,1-2H3,(H,18,19);1H. The van der Waals surface area contributed by atoms with Gasteiger partial charge in [0.2, 0.25) is 5.91 Å². The molecule has 6 heteroatoms. The van der Waals surface area contributed by atoms with Gasteiger partial charge in [0.15, 0.2) is 0 Å². The molecule has 1 aromatic carbocycles. The van der Waals surface area contributed by atoms with Crippen LogP contribution in [0.25, 0.3) is 0 Å². The summed E-state index contributed by atoms with van der Waals surface area (Å²) in [6.07, 6.45) is 1.96. The van der Waals surface area contributed by atoms with E-state index in [0.717, 1.165) is 31.7 Å². The number of hydrogen-bond donors (Lipinski definition) is 2. The van der Waals surface area contributed by atoms with Crippen LogP contribution in [0.5, 0.6) is 11.5 Å². The number of rotatable bonds is 6. The Morgan fingerprint density at radius 3 is 2.73 bits per heavy atom. The van der Waals surface area contributed by atoms with Gasteiger partial charge in [0, 0.05) is 12.6 Å². The molecule has 0 saturated carbocycles. The highest BCUT2D eigenvalue weighted by atomic mass is 35.5. The van der Waals surface area contributed by atoms with Gasteiger partial charge >= 0.3 is 0 Å². The van der Waals surface area contributed by atoms with Crippen LogP contribution in [0.1, 0.15) is 26.7 Å². The normalized spacial score (nSPS) is 17.3. The first-order valence-electron chi connectivity index (χ1n) is 7.65. The van der Waals surface area contributed by atoms with E-state index in [0.29, 0.717) is 24.7 Å². The fraction of sp³-hybridized carbons (Fsp3) is 0.562. The zero-order valence-electron chi connectivity index (χ0n) is 13.2. The van der Waals surface area contributed by atoms with Crippen LogP contribution in [0.4, 0.5) is 5.69 Å². The average Bonchev–Trinajstić information content (AvgIpc) is 2.51. The van der Waals surface area contributed by atoms with Gasteiger partial charge in [-0.15, -0.1) is 12.4 Å². The SMILES string of the molecule is CCOc1ccc(OCC)c(NC(=O)C2CCCNC2)c1.Cl. The monoisotopic (exact) mass is 328 g/mol. The summed E-state index contributed by atoms with van der Waals surface area (Å²) in [5, 5.41) is 6.24. The largest absolute Gasteiger partial charge is 0.494 e. The first kappa shape index (κ1) is 18.6. The van der Waals surface area contributed by atoms with E-state index in [1.165, 1.54) is 0 Å². The predicted octanol–water partition coefficient (Wildman–Crippen LogP) is 2.84. The molecular formula is C16H25ClN2O3. The number of hydrogen-bond acceptors (Lipinski definition) is 4. The maximum atomic E-state index is 12.3. The molecule has 5 nitrogen and oxygen atoms in total. The van der Waals surface area contributed by atoms with Crippen LogP contribution in [0.15, 0.2) is 18.2 Å². The van der Waals surface area contributed by atoms with Crippen molar-refractivity contribution in [3.63, 3.8) is 0 Å². The molecular weight excluding hydrogens is 304 g/mol. The minimum absolute atomic E-state index is 0. The summed E-state index contributed by atoms with van der Waals surface area (Å²) in [4.78, 5) is 12.3. The third-order valence-corrected chi connectivity index (χ3v) is 3.49. The van der Waals surface area contributed by atoms with Crippen molar-refractivity contribution in [1.82, 2.24) is 5.32 Å². The number of piperidine rings is 1. The smallest absolute Gasteiger partial charge is 0.228 e. The minimum Gasteiger partial charge on any atom is -0.494 e. The molecule has 1 heterocycles. The van der Waals surface area contributed by atoms with Crippen molar-refractivity contribution in [3.05, 3.63) is 18.2 Å². The summed E-state index contributed by atoms with van der Waals surface area (Å²) in [5.74, 6) is 1.47. The van der Waals surface area contributed by atoms with Crippen molar-refractivity contribution >= 4 is 24.0 Å². The molecule has 2 rings (SSSR count). The van der Waals surface area contributed by atoms with Gasteiger partial charge in [-0.25, -0.2) is 0 Å². The summed E-state index contributed by atoms with van der Waals surface area (Å²) in [5.41, 5.74) is 0.679. The van der Waals surface area contributed by atoms with Gasteiger partial charge in [-0.1, -0.05) is 0 Å². The molecule has 1 aliphatic rings. The summed E-state index contributed by atoms with van der Waals surface area (Å²) in [6.45, 7) is 6.74. The molecule has 0 bridgehead atoms. The van der Waals surface area contributed by atoms with E-state index >= 15 is 0 Å². The van der Waals surface area contributed by atoms with Crippen molar-refractivity contribution in [2.45, 2.75) is 26.7 Å². The van der Waals surface area contributed by atoms with Gasteiger partial charge in [-0.05, 0) is 45.4 Å². The number of halogens is 1. The Morgan fingerprint density at radius 2 is 2.09 bits per heavy atom. The molecule has 124 valence electrons. The molecule has 2 N–H and O–H groups in total. The van der Waals surface area contributed by atoms with Gasteiger partial charge in [-0.2, -0.15) is 0 Å². The summed E-state index contributed by atoms with van der Waals surface area (Å²) in [7, 11) is 0. The molecule has 1 aromatic rings. The molecule has 1 unspecified atom stereocenters. The lowest BCUT2D eigenvalue weighted by Crippen LogP contribution is -2.37. The number of amides is 1. The zero-order valence-corrected chi connectivity index (χ0v) is 14.0. The van der Waals surface area contributed by atoms with Gasteiger partial charge in [0.25, 0.3) is 0 Å². The molecule has 1 saturated heterocycles. The zero-order chi connectivity index (χ0) is 15.1. The van der Waals surface area contributed by atoms with E-state index in [9.17, 15) is 4.79 Å². The van der Waals surface area contributed by atoms with E-state index in [2.05, 4.69) is 10.6 Å². The molecule has 1 aliphatic heterocycles. The first-order valence-corrected chi connectivity index (χ1v) is 7.65. The summed E-state index contributed by atoms with van der Waals surface area (Å²) >= 11 is 0. The van der Waals surface area contributed by atoms with Crippen molar-refractivity contribution < 1.29 is 14.3 Å². The molecule has 1 amide bonds. The van der Waals surface area contributed by atoms with Crippen molar-refractivity contribution in [3.8, 4) is 11.5 Å². The van der Waals surface area contributed by atoms with Gasteiger partial charge in [0.1, 0.15) is 11.5 Å². The second-order valence-electron chi connectivity index (χ2n) is 5.06. The van der Waals surface area contributed by atoms with Crippen LogP contribution in [-0.4, -0.2) is 32.2 Å². The fourth-order valence-corrected chi connectivity index (χ4v) is 2.45. The van der Waals surface area contributed by atoms with Crippen molar-refractivity contribution in [2.75, 3.05) is 31.6 Å². The molecule has 0 aromatic heterocycles. The Morgan fingerprint density at radius 1 is 1.32 bits per heavy atom. The van der Waals surface area contributed by atoms with E-state index in [1.807, 2.05) is 32.0 Å². The van der Waals surface area contributed by atoms with Crippen molar-refractivity contribution in [1.29, 1.82) is 0 Å². The third kappa shape index (κ3) is 5.07. The van der Waals surface area contributed by atoms with Crippen LogP contribution in [-0.2, 0) is 4.79 Å². The number of benzene rings is 1. The number of carbonyl (C=O) groups is 1. The highest BCUT2D eigenvalue weighted by Crippen LogP contribution is 2.30. The number of anilines is 1. The van der Waals surface area contributed by atoms with Crippen LogP contribution in [0.2, 0.25) is 0 Å². The number of nitrogens with one attached hydrogen (secondary N) is 2. The van der Waals surface area contributed by atoms with Gasteiger partial charge < -0.3 is 20.1 Å². The Kier molecular flexibility index (Phi) is 8.06. The number of carbonyl (C=O) groups excluding carboxylic acids is 1. The minimum atomic E-state index is 0. The lowest BCUT2D eigenvalue weighted by Gasteiger charge is -2.22. The van der Waals surface area contributed by atoms with Crippen molar-refractivity contribution in [2.24, 2.45) is 5.92 Å². The Hall–Kier alpha value is -1.46. The second-order valence-corrected chi connectivity index (χ2v) is 5.06. The third-order valence-electron chi connectivity index (χ3n) is 3.49. The van der Waals surface area contributed by atoms with Gasteiger partial charge in [-0.3, -0.25) is 4.79 Å². The van der Waals surface area contributed by atoms with E-state index in [-0.39, 0.29) is 24.2 Å². The van der Waals surface area contributed by atoms with E-state index in [4.69, 9.17) is 9.47 Å². The first-order chi connectivity index (χ1) is 10.2. The maximum absolute atomic E-state index is 12.3. The topological polar surface area (TPSA) is 59.6 Å². The predicted molar refractivity (Wildman–Crippen MR) is 90.3 cm³/mol. The second kappa shape index (κ2) is 9.54. The molecule has 0 spiro atoms. The molecule has 1 fully saturated rings. The Labute approximate surface area is 138 Å².